The molecule has 1 aromatic heterocycles. The van der Waals surface area contributed by atoms with Gasteiger partial charge in [0.15, 0.2) is 0 Å². The van der Waals surface area contributed by atoms with Gasteiger partial charge in [0.2, 0.25) is 6.41 Å². The molecule has 0 aliphatic rings. The van der Waals surface area contributed by atoms with E-state index >= 15 is 0 Å². The monoisotopic (exact) mass is 212 g/mol. The van der Waals surface area contributed by atoms with E-state index in [1.54, 1.807) is 13.2 Å². The Morgan fingerprint density at radius 3 is 2.56 bits per heavy atom. The first-order chi connectivity index (χ1) is 7.81. The van der Waals surface area contributed by atoms with E-state index in [0.717, 1.165) is 17.5 Å². The van der Waals surface area contributed by atoms with Gasteiger partial charge in [0.05, 0.1) is 0 Å². The number of amides is 1. The van der Waals surface area contributed by atoms with Crippen molar-refractivity contribution in [2.75, 3.05) is 11.9 Å². The molecular formula is C13H12N2O. The molecule has 0 saturated carbocycles. The molecule has 2 rings (SSSR count). The van der Waals surface area contributed by atoms with E-state index in [1.165, 1.54) is 4.90 Å². The highest BCUT2D eigenvalue weighted by Gasteiger charge is 2.02. The number of hydrogen-bond donors (Lipinski definition) is 0. The lowest BCUT2D eigenvalue weighted by Gasteiger charge is -2.10. The van der Waals surface area contributed by atoms with E-state index in [2.05, 4.69) is 4.98 Å². The SMILES string of the molecule is CN(C=O)c1cc(-c2ccccc2)ccn1. The normalized spacial score (nSPS) is 9.81. The Morgan fingerprint density at radius 2 is 1.88 bits per heavy atom. The van der Waals surface area contributed by atoms with E-state index in [-0.39, 0.29) is 0 Å². The zero-order chi connectivity index (χ0) is 11.4. The quantitative estimate of drug-likeness (QED) is 0.732. The Hall–Kier alpha value is -2.16. The Labute approximate surface area is 94.4 Å². The summed E-state index contributed by atoms with van der Waals surface area (Å²) in [7, 11) is 1.68. The van der Waals surface area contributed by atoms with Gasteiger partial charge < -0.3 is 4.90 Å². The van der Waals surface area contributed by atoms with E-state index in [0.29, 0.717) is 5.82 Å². The number of carbonyl (C=O) groups excluding carboxylic acids is 1. The molecule has 16 heavy (non-hydrogen) atoms. The summed E-state index contributed by atoms with van der Waals surface area (Å²) in [4.78, 5) is 16.2. The minimum absolute atomic E-state index is 0.649. The van der Waals surface area contributed by atoms with Crippen LogP contribution in [0.4, 0.5) is 5.82 Å². The lowest BCUT2D eigenvalue weighted by Crippen LogP contribution is -2.14. The summed E-state index contributed by atoms with van der Waals surface area (Å²) in [5.74, 6) is 0.649. The van der Waals surface area contributed by atoms with Crippen LogP contribution in [0.1, 0.15) is 0 Å². The number of carbonyl (C=O) groups is 1. The van der Waals surface area contributed by atoms with Crippen molar-refractivity contribution in [2.24, 2.45) is 0 Å². The molecule has 0 atom stereocenters. The summed E-state index contributed by atoms with van der Waals surface area (Å²) in [6.45, 7) is 0. The van der Waals surface area contributed by atoms with Crippen molar-refractivity contribution in [3.05, 3.63) is 48.7 Å². The van der Waals surface area contributed by atoms with Crippen molar-refractivity contribution in [3.8, 4) is 11.1 Å². The van der Waals surface area contributed by atoms with Crippen LogP contribution in [0.2, 0.25) is 0 Å². The molecule has 0 N–H and O–H groups in total. The van der Waals surface area contributed by atoms with Crippen LogP contribution in [-0.2, 0) is 4.79 Å². The molecule has 0 bridgehead atoms. The maximum atomic E-state index is 10.6. The third-order valence-corrected chi connectivity index (χ3v) is 2.37. The van der Waals surface area contributed by atoms with E-state index in [1.807, 2.05) is 42.5 Å². The number of pyridine rings is 1. The molecule has 0 aliphatic heterocycles. The fraction of sp³-hybridized carbons (Fsp3) is 0.0769. The van der Waals surface area contributed by atoms with E-state index < -0.39 is 0 Å². The summed E-state index contributed by atoms with van der Waals surface area (Å²) in [5, 5.41) is 0. The predicted octanol–water partition coefficient (Wildman–Crippen LogP) is 2.34. The van der Waals surface area contributed by atoms with Gasteiger partial charge in [-0.25, -0.2) is 4.98 Å². The van der Waals surface area contributed by atoms with Crippen molar-refractivity contribution in [2.45, 2.75) is 0 Å². The Morgan fingerprint density at radius 1 is 1.12 bits per heavy atom. The van der Waals surface area contributed by atoms with Crippen LogP contribution in [0.3, 0.4) is 0 Å². The van der Waals surface area contributed by atoms with Crippen LogP contribution >= 0.6 is 0 Å². The topological polar surface area (TPSA) is 33.2 Å². The van der Waals surface area contributed by atoms with Gasteiger partial charge in [0, 0.05) is 13.2 Å². The number of nitrogens with zero attached hydrogens (tertiary/aromatic N) is 2. The molecule has 1 amide bonds. The van der Waals surface area contributed by atoms with Gasteiger partial charge in [-0.15, -0.1) is 0 Å². The zero-order valence-corrected chi connectivity index (χ0v) is 9.00. The molecule has 0 unspecified atom stereocenters. The first-order valence-electron chi connectivity index (χ1n) is 5.01. The summed E-state index contributed by atoms with van der Waals surface area (Å²) < 4.78 is 0. The van der Waals surface area contributed by atoms with Gasteiger partial charge in [-0.3, -0.25) is 4.79 Å². The maximum Gasteiger partial charge on any atom is 0.215 e. The third kappa shape index (κ3) is 2.08. The van der Waals surface area contributed by atoms with E-state index in [9.17, 15) is 4.79 Å². The average molecular weight is 212 g/mol. The van der Waals surface area contributed by atoms with Crippen LogP contribution in [0.15, 0.2) is 48.7 Å². The first kappa shape index (κ1) is 10.4. The molecule has 0 fully saturated rings. The van der Waals surface area contributed by atoms with Crippen LogP contribution in [-0.4, -0.2) is 18.4 Å². The summed E-state index contributed by atoms with van der Waals surface area (Å²) in [5.41, 5.74) is 2.17. The minimum Gasteiger partial charge on any atom is -0.303 e. The van der Waals surface area contributed by atoms with Gasteiger partial charge in [-0.05, 0) is 23.3 Å². The zero-order valence-electron chi connectivity index (χ0n) is 9.00. The molecule has 0 saturated heterocycles. The Bertz CT molecular complexity index is 482. The maximum absolute atomic E-state index is 10.6. The average Bonchev–Trinajstić information content (AvgIpc) is 2.39. The minimum atomic E-state index is 0.649. The van der Waals surface area contributed by atoms with Gasteiger partial charge in [-0.1, -0.05) is 30.3 Å². The fourth-order valence-electron chi connectivity index (χ4n) is 1.48. The second kappa shape index (κ2) is 4.57. The number of aromatic nitrogens is 1. The molecule has 0 aliphatic carbocycles. The number of hydrogen-bond acceptors (Lipinski definition) is 2. The molecular weight excluding hydrogens is 200 g/mol. The van der Waals surface area contributed by atoms with Gasteiger partial charge in [0.25, 0.3) is 0 Å². The van der Waals surface area contributed by atoms with Crippen molar-refractivity contribution < 1.29 is 4.79 Å². The standard InChI is InChI=1S/C13H12N2O/c1-15(10-16)13-9-12(7-8-14-13)11-5-3-2-4-6-11/h2-10H,1H3. The lowest BCUT2D eigenvalue weighted by atomic mass is 10.1. The molecule has 2 aromatic rings. The molecule has 80 valence electrons. The van der Waals surface area contributed by atoms with Crippen LogP contribution in [0.5, 0.6) is 0 Å². The highest BCUT2D eigenvalue weighted by Crippen LogP contribution is 2.21. The fourth-order valence-corrected chi connectivity index (χ4v) is 1.48. The molecule has 1 heterocycles. The van der Waals surface area contributed by atoms with Crippen LogP contribution in [0, 0.1) is 0 Å². The second-order valence-corrected chi connectivity index (χ2v) is 3.49. The molecule has 0 spiro atoms. The second-order valence-electron chi connectivity index (χ2n) is 3.49. The summed E-state index contributed by atoms with van der Waals surface area (Å²) >= 11 is 0. The number of benzene rings is 1. The summed E-state index contributed by atoms with van der Waals surface area (Å²) in [6.07, 6.45) is 2.45. The van der Waals surface area contributed by atoms with Gasteiger partial charge in [-0.2, -0.15) is 0 Å². The largest absolute Gasteiger partial charge is 0.303 e. The van der Waals surface area contributed by atoms with Crippen LogP contribution in [0.25, 0.3) is 11.1 Å². The molecule has 3 heteroatoms. The predicted molar refractivity (Wildman–Crippen MR) is 64.1 cm³/mol. The Balaban J connectivity index is 2.40. The van der Waals surface area contributed by atoms with E-state index in [4.69, 9.17) is 0 Å². The lowest BCUT2D eigenvalue weighted by molar-refractivity contribution is -0.107. The smallest absolute Gasteiger partial charge is 0.215 e. The van der Waals surface area contributed by atoms with Crippen molar-refractivity contribution in [1.29, 1.82) is 0 Å². The number of rotatable bonds is 3. The highest BCUT2D eigenvalue weighted by molar-refractivity contribution is 5.75. The highest BCUT2D eigenvalue weighted by atomic mass is 16.1. The molecule has 0 radical (unpaired) electrons. The van der Waals surface area contributed by atoms with Crippen molar-refractivity contribution in [3.63, 3.8) is 0 Å². The van der Waals surface area contributed by atoms with Gasteiger partial charge in [0.1, 0.15) is 5.82 Å². The molecule has 1 aromatic carbocycles. The molecule has 3 nitrogen and oxygen atoms in total. The van der Waals surface area contributed by atoms with Crippen LogP contribution < -0.4 is 4.90 Å². The first-order valence-corrected chi connectivity index (χ1v) is 5.01. The Kier molecular flexibility index (Phi) is 2.96. The summed E-state index contributed by atoms with van der Waals surface area (Å²) in [6, 6.07) is 13.8. The van der Waals surface area contributed by atoms with Crippen molar-refractivity contribution in [1.82, 2.24) is 4.98 Å². The number of anilines is 1. The third-order valence-electron chi connectivity index (χ3n) is 2.37. The van der Waals surface area contributed by atoms with Gasteiger partial charge >= 0.3 is 0 Å². The van der Waals surface area contributed by atoms with Crippen molar-refractivity contribution >= 4 is 12.2 Å².